The van der Waals surface area contributed by atoms with Crippen molar-refractivity contribution in [3.05, 3.63) is 48.0 Å². The summed E-state index contributed by atoms with van der Waals surface area (Å²) in [5.74, 6) is 2.12. The molecule has 0 spiro atoms. The maximum absolute atomic E-state index is 12.1. The van der Waals surface area contributed by atoms with Gasteiger partial charge in [0.15, 0.2) is 23.0 Å². The predicted octanol–water partition coefficient (Wildman–Crippen LogP) is 3.95. The molecule has 1 aliphatic heterocycles. The maximum Gasteiger partial charge on any atom is 0.203 e. The van der Waals surface area contributed by atoms with Crippen molar-refractivity contribution in [2.75, 3.05) is 42.2 Å². The van der Waals surface area contributed by atoms with Gasteiger partial charge in [-0.15, -0.1) is 0 Å². The molecule has 7 heteroatoms. The standard InChI is InChI=1S/C24H28O7/c1-14(16-10-21(28-4)24(30-6)22(11-16)29-5)18-13-31-23(17(18)12-25)15-7-8-19(26-2)20(9-15)27-3/h7-12,17-18,23H,1,13H2,2-6H3/t17-,18-,23-/m1/s1. The van der Waals surface area contributed by atoms with Crippen LogP contribution in [0.4, 0.5) is 0 Å². The van der Waals surface area contributed by atoms with E-state index in [-0.39, 0.29) is 5.92 Å². The van der Waals surface area contributed by atoms with Gasteiger partial charge in [-0.25, -0.2) is 0 Å². The molecule has 0 N–H and O–H groups in total. The smallest absolute Gasteiger partial charge is 0.203 e. The summed E-state index contributed by atoms with van der Waals surface area (Å²) in [4.78, 5) is 12.1. The number of hydrogen-bond donors (Lipinski definition) is 0. The third-order valence-corrected chi connectivity index (χ3v) is 5.65. The van der Waals surface area contributed by atoms with Crippen LogP contribution < -0.4 is 23.7 Å². The molecule has 3 rings (SSSR count). The van der Waals surface area contributed by atoms with E-state index in [0.29, 0.717) is 35.4 Å². The summed E-state index contributed by atoms with van der Waals surface area (Å²) < 4.78 is 33.0. The van der Waals surface area contributed by atoms with Gasteiger partial charge in [-0.3, -0.25) is 0 Å². The first-order chi connectivity index (χ1) is 15.0. The molecular formula is C24H28O7. The van der Waals surface area contributed by atoms with E-state index in [9.17, 15) is 4.79 Å². The molecule has 2 aromatic carbocycles. The molecule has 1 heterocycles. The number of methoxy groups -OCH3 is 5. The van der Waals surface area contributed by atoms with Crippen LogP contribution in [0.15, 0.2) is 36.9 Å². The van der Waals surface area contributed by atoms with Gasteiger partial charge in [-0.2, -0.15) is 0 Å². The number of hydrogen-bond acceptors (Lipinski definition) is 7. The number of rotatable bonds is 9. The zero-order chi connectivity index (χ0) is 22.5. The lowest BCUT2D eigenvalue weighted by atomic mass is 9.81. The van der Waals surface area contributed by atoms with Crippen molar-refractivity contribution in [3.8, 4) is 28.7 Å². The normalized spacial score (nSPS) is 20.1. The quantitative estimate of drug-likeness (QED) is 0.560. The molecule has 0 amide bonds. The van der Waals surface area contributed by atoms with Crippen molar-refractivity contribution in [3.63, 3.8) is 0 Å². The van der Waals surface area contributed by atoms with Crippen molar-refractivity contribution in [1.29, 1.82) is 0 Å². The van der Waals surface area contributed by atoms with Crippen LogP contribution in [0.3, 0.4) is 0 Å². The second-order valence-corrected chi connectivity index (χ2v) is 7.13. The Morgan fingerprint density at radius 1 is 0.903 bits per heavy atom. The Morgan fingerprint density at radius 2 is 1.52 bits per heavy atom. The largest absolute Gasteiger partial charge is 0.493 e. The van der Waals surface area contributed by atoms with Crippen LogP contribution >= 0.6 is 0 Å². The average Bonchev–Trinajstić information content (AvgIpc) is 3.25. The van der Waals surface area contributed by atoms with E-state index in [1.165, 1.54) is 0 Å². The van der Waals surface area contributed by atoms with E-state index in [1.807, 2.05) is 24.3 Å². The van der Waals surface area contributed by atoms with Crippen LogP contribution in [0.5, 0.6) is 28.7 Å². The van der Waals surface area contributed by atoms with E-state index in [0.717, 1.165) is 23.0 Å². The Balaban J connectivity index is 1.93. The lowest BCUT2D eigenvalue weighted by Crippen LogP contribution is -2.18. The van der Waals surface area contributed by atoms with Crippen LogP contribution in [0.2, 0.25) is 0 Å². The zero-order valence-corrected chi connectivity index (χ0v) is 18.5. The van der Waals surface area contributed by atoms with E-state index in [1.54, 1.807) is 41.6 Å². The average molecular weight is 428 g/mol. The molecule has 0 unspecified atom stereocenters. The number of carbonyl (C=O) groups is 1. The molecule has 0 aliphatic carbocycles. The molecule has 166 valence electrons. The van der Waals surface area contributed by atoms with Crippen molar-refractivity contribution in [2.24, 2.45) is 11.8 Å². The second-order valence-electron chi connectivity index (χ2n) is 7.13. The van der Waals surface area contributed by atoms with Crippen LogP contribution in [0.1, 0.15) is 17.2 Å². The molecule has 2 aromatic rings. The highest BCUT2D eigenvalue weighted by molar-refractivity contribution is 5.74. The van der Waals surface area contributed by atoms with Gasteiger partial charge in [0.05, 0.1) is 54.2 Å². The fourth-order valence-corrected chi connectivity index (χ4v) is 3.97. The summed E-state index contributed by atoms with van der Waals surface area (Å²) in [5, 5.41) is 0. The molecule has 0 aromatic heterocycles. The SMILES string of the molecule is C=C(c1cc(OC)c(OC)c(OC)c1)[C@H]1CO[C@H](c2ccc(OC)c(OC)c2)[C@@H]1C=O. The summed E-state index contributed by atoms with van der Waals surface area (Å²) in [7, 11) is 7.82. The first kappa shape index (κ1) is 22.5. The summed E-state index contributed by atoms with van der Waals surface area (Å²) in [6, 6.07) is 9.18. The first-order valence-corrected chi connectivity index (χ1v) is 9.80. The monoisotopic (exact) mass is 428 g/mol. The minimum absolute atomic E-state index is 0.210. The third-order valence-electron chi connectivity index (χ3n) is 5.65. The van der Waals surface area contributed by atoms with Crippen LogP contribution in [0.25, 0.3) is 5.57 Å². The van der Waals surface area contributed by atoms with Gasteiger partial charge in [0.2, 0.25) is 5.75 Å². The third kappa shape index (κ3) is 4.18. The second kappa shape index (κ2) is 9.75. The summed E-state index contributed by atoms with van der Waals surface area (Å²) in [6.45, 7) is 4.62. The van der Waals surface area contributed by atoms with Gasteiger partial charge < -0.3 is 33.2 Å². The number of aldehydes is 1. The summed E-state index contributed by atoms with van der Waals surface area (Å²) in [6.07, 6.45) is 0.517. The first-order valence-electron chi connectivity index (χ1n) is 9.80. The Labute approximate surface area is 182 Å². The fraction of sp³-hybridized carbons (Fsp3) is 0.375. The van der Waals surface area contributed by atoms with Crippen molar-refractivity contribution in [1.82, 2.24) is 0 Å². The minimum Gasteiger partial charge on any atom is -0.493 e. The van der Waals surface area contributed by atoms with Crippen LogP contribution in [-0.2, 0) is 9.53 Å². The maximum atomic E-state index is 12.1. The Kier molecular flexibility index (Phi) is 7.07. The number of benzene rings is 2. The van der Waals surface area contributed by atoms with E-state index >= 15 is 0 Å². The molecule has 31 heavy (non-hydrogen) atoms. The number of ether oxygens (including phenoxy) is 6. The minimum atomic E-state index is -0.416. The van der Waals surface area contributed by atoms with Gasteiger partial charge in [0.25, 0.3) is 0 Å². The molecule has 3 atom stereocenters. The van der Waals surface area contributed by atoms with E-state index in [2.05, 4.69) is 6.58 Å². The van der Waals surface area contributed by atoms with Crippen LogP contribution in [-0.4, -0.2) is 48.4 Å². The highest BCUT2D eigenvalue weighted by Gasteiger charge is 2.40. The number of carbonyl (C=O) groups excluding carboxylic acids is 1. The van der Waals surface area contributed by atoms with Crippen molar-refractivity contribution < 1.29 is 33.2 Å². The van der Waals surface area contributed by atoms with Gasteiger partial charge >= 0.3 is 0 Å². The molecule has 0 bridgehead atoms. The topological polar surface area (TPSA) is 72.5 Å². The molecule has 0 radical (unpaired) electrons. The molecule has 1 aliphatic rings. The molecule has 0 saturated carbocycles. The van der Waals surface area contributed by atoms with Gasteiger partial charge in [-0.05, 0) is 41.0 Å². The van der Waals surface area contributed by atoms with Gasteiger partial charge in [-0.1, -0.05) is 12.6 Å². The highest BCUT2D eigenvalue weighted by atomic mass is 16.5. The zero-order valence-electron chi connectivity index (χ0n) is 18.5. The summed E-state index contributed by atoms with van der Waals surface area (Å²) >= 11 is 0. The molecule has 1 saturated heterocycles. The van der Waals surface area contributed by atoms with Crippen molar-refractivity contribution in [2.45, 2.75) is 6.10 Å². The lowest BCUT2D eigenvalue weighted by Gasteiger charge is -2.22. The Morgan fingerprint density at radius 3 is 2.03 bits per heavy atom. The lowest BCUT2D eigenvalue weighted by molar-refractivity contribution is -0.113. The summed E-state index contributed by atoms with van der Waals surface area (Å²) in [5.41, 5.74) is 2.40. The Bertz CT molecular complexity index is 928. The Hall–Kier alpha value is -3.19. The highest BCUT2D eigenvalue weighted by Crippen LogP contribution is 2.47. The molecule has 7 nitrogen and oxygen atoms in total. The van der Waals surface area contributed by atoms with Crippen molar-refractivity contribution >= 4 is 11.9 Å². The fourth-order valence-electron chi connectivity index (χ4n) is 3.97. The molecular weight excluding hydrogens is 400 g/mol. The predicted molar refractivity (Wildman–Crippen MR) is 116 cm³/mol. The van der Waals surface area contributed by atoms with Crippen LogP contribution in [0, 0.1) is 11.8 Å². The molecule has 1 fully saturated rings. The van der Waals surface area contributed by atoms with Gasteiger partial charge in [0.1, 0.15) is 6.29 Å². The van der Waals surface area contributed by atoms with Gasteiger partial charge in [0, 0.05) is 5.92 Å². The van der Waals surface area contributed by atoms with E-state index < -0.39 is 12.0 Å². The van der Waals surface area contributed by atoms with E-state index in [4.69, 9.17) is 28.4 Å².